The average molecular weight is 282 g/mol. The Bertz CT molecular complexity index is 435. The largest absolute Gasteiger partial charge is 0.398 e. The minimum absolute atomic E-state index is 0.0845. The first kappa shape index (κ1) is 14.3. The van der Waals surface area contributed by atoms with E-state index in [1.54, 1.807) is 13.2 Å². The molecule has 0 aliphatic heterocycles. The van der Waals surface area contributed by atoms with E-state index in [9.17, 15) is 4.79 Å². The minimum atomic E-state index is 0.0845. The number of nitrogens with zero attached hydrogens (tertiary/aromatic N) is 1. The third-order valence-corrected chi connectivity index (χ3v) is 4.81. The Balaban J connectivity index is 2.13. The van der Waals surface area contributed by atoms with Crippen LogP contribution in [0.1, 0.15) is 34.3 Å². The number of hydrogen-bond donors (Lipinski definition) is 1. The van der Waals surface area contributed by atoms with Crippen LogP contribution >= 0.6 is 11.3 Å². The van der Waals surface area contributed by atoms with E-state index in [1.807, 2.05) is 11.8 Å². The lowest BCUT2D eigenvalue weighted by Crippen LogP contribution is -2.41. The topological polar surface area (TPSA) is 55.6 Å². The molecule has 1 unspecified atom stereocenters. The number of anilines is 1. The lowest BCUT2D eigenvalue weighted by atomic mass is 10.1. The number of carbonyl (C=O) groups is 1. The van der Waals surface area contributed by atoms with E-state index in [1.165, 1.54) is 24.2 Å². The van der Waals surface area contributed by atoms with Crippen LogP contribution in [0.25, 0.3) is 0 Å². The fourth-order valence-electron chi connectivity index (χ4n) is 2.26. The smallest absolute Gasteiger partial charge is 0.264 e. The molecule has 0 saturated heterocycles. The van der Waals surface area contributed by atoms with Crippen molar-refractivity contribution in [2.75, 3.05) is 26.0 Å². The van der Waals surface area contributed by atoms with Gasteiger partial charge in [-0.25, -0.2) is 0 Å². The highest BCUT2D eigenvalue weighted by Gasteiger charge is 2.34. The summed E-state index contributed by atoms with van der Waals surface area (Å²) in [7, 11) is 1.66. The molecular formula is C14H22N2O2S. The van der Waals surface area contributed by atoms with Gasteiger partial charge in [0.25, 0.3) is 5.91 Å². The van der Waals surface area contributed by atoms with E-state index >= 15 is 0 Å². The van der Waals surface area contributed by atoms with Gasteiger partial charge in [-0.2, -0.15) is 0 Å². The lowest BCUT2D eigenvalue weighted by molar-refractivity contribution is 0.0599. The summed E-state index contributed by atoms with van der Waals surface area (Å²) in [4.78, 5) is 16.3. The number of rotatable bonds is 6. The van der Waals surface area contributed by atoms with Crippen molar-refractivity contribution < 1.29 is 9.53 Å². The first-order chi connectivity index (χ1) is 9.04. The Morgan fingerprint density at radius 1 is 1.63 bits per heavy atom. The van der Waals surface area contributed by atoms with Crippen molar-refractivity contribution in [3.63, 3.8) is 0 Å². The molecule has 1 atom stereocenters. The van der Waals surface area contributed by atoms with E-state index in [4.69, 9.17) is 10.5 Å². The van der Waals surface area contributed by atoms with E-state index in [0.29, 0.717) is 24.8 Å². The molecule has 106 valence electrons. The molecule has 2 rings (SSSR count). The first-order valence-electron chi connectivity index (χ1n) is 6.70. The van der Waals surface area contributed by atoms with Crippen molar-refractivity contribution in [1.29, 1.82) is 0 Å². The Morgan fingerprint density at radius 3 is 2.79 bits per heavy atom. The molecular weight excluding hydrogens is 260 g/mol. The van der Waals surface area contributed by atoms with Crippen LogP contribution in [-0.4, -0.2) is 37.1 Å². The Morgan fingerprint density at radius 2 is 2.32 bits per heavy atom. The second kappa shape index (κ2) is 5.92. The maximum Gasteiger partial charge on any atom is 0.264 e. The zero-order chi connectivity index (χ0) is 14.0. The summed E-state index contributed by atoms with van der Waals surface area (Å²) in [6.07, 6.45) is 2.45. The van der Waals surface area contributed by atoms with Crippen LogP contribution in [0, 0.1) is 12.8 Å². The maximum absolute atomic E-state index is 12.6. The highest BCUT2D eigenvalue weighted by Crippen LogP contribution is 2.36. The van der Waals surface area contributed by atoms with E-state index in [-0.39, 0.29) is 11.9 Å². The summed E-state index contributed by atoms with van der Waals surface area (Å²) in [6, 6.07) is 2.08. The Kier molecular flexibility index (Phi) is 4.47. The van der Waals surface area contributed by atoms with Crippen LogP contribution in [0.3, 0.4) is 0 Å². The summed E-state index contributed by atoms with van der Waals surface area (Å²) >= 11 is 1.48. The number of nitrogens with two attached hydrogens (primary N) is 1. The number of aryl methyl sites for hydroxylation is 1. The van der Waals surface area contributed by atoms with Gasteiger partial charge in [-0.1, -0.05) is 0 Å². The maximum atomic E-state index is 12.6. The van der Waals surface area contributed by atoms with Gasteiger partial charge in [-0.05, 0) is 38.7 Å². The molecule has 1 aliphatic carbocycles. The summed E-state index contributed by atoms with van der Waals surface area (Å²) in [6.45, 7) is 5.29. The number of hydrogen-bond acceptors (Lipinski definition) is 4. The van der Waals surface area contributed by atoms with Crippen molar-refractivity contribution in [2.24, 2.45) is 5.92 Å². The number of amides is 1. The second-order valence-corrected chi connectivity index (χ2v) is 6.45. The average Bonchev–Trinajstić information content (AvgIpc) is 3.17. The van der Waals surface area contributed by atoms with Gasteiger partial charge >= 0.3 is 0 Å². The van der Waals surface area contributed by atoms with E-state index in [0.717, 1.165) is 9.75 Å². The summed E-state index contributed by atoms with van der Waals surface area (Å²) in [5.41, 5.74) is 6.55. The van der Waals surface area contributed by atoms with Crippen molar-refractivity contribution in [1.82, 2.24) is 4.90 Å². The van der Waals surface area contributed by atoms with Gasteiger partial charge in [0.2, 0.25) is 0 Å². The van der Waals surface area contributed by atoms with Gasteiger partial charge in [-0.15, -0.1) is 11.3 Å². The van der Waals surface area contributed by atoms with Crippen LogP contribution in [0.15, 0.2) is 6.07 Å². The molecule has 1 aliphatic rings. The second-order valence-electron chi connectivity index (χ2n) is 5.19. The van der Waals surface area contributed by atoms with Crippen molar-refractivity contribution in [3.8, 4) is 0 Å². The third kappa shape index (κ3) is 3.28. The van der Waals surface area contributed by atoms with Crippen molar-refractivity contribution >= 4 is 22.9 Å². The Hall–Kier alpha value is -1.07. The molecule has 0 bridgehead atoms. The molecule has 1 amide bonds. The Labute approximate surface area is 118 Å². The predicted octanol–water partition coefficient (Wildman–Crippen LogP) is 2.53. The molecule has 0 radical (unpaired) electrons. The number of methoxy groups -OCH3 is 1. The third-order valence-electron chi connectivity index (χ3n) is 3.76. The minimum Gasteiger partial charge on any atom is -0.398 e. The van der Waals surface area contributed by atoms with Crippen LogP contribution in [0.4, 0.5) is 5.69 Å². The van der Waals surface area contributed by atoms with Crippen LogP contribution in [0.2, 0.25) is 0 Å². The van der Waals surface area contributed by atoms with Gasteiger partial charge in [-0.3, -0.25) is 4.79 Å². The molecule has 5 heteroatoms. The zero-order valence-electron chi connectivity index (χ0n) is 11.8. The summed E-state index contributed by atoms with van der Waals surface area (Å²) in [5.74, 6) is 0.737. The van der Waals surface area contributed by atoms with Gasteiger partial charge < -0.3 is 15.4 Å². The van der Waals surface area contributed by atoms with Gasteiger partial charge in [0.05, 0.1) is 11.5 Å². The molecule has 1 aromatic heterocycles. The van der Waals surface area contributed by atoms with Gasteiger partial charge in [0.15, 0.2) is 0 Å². The monoisotopic (exact) mass is 282 g/mol. The lowest BCUT2D eigenvalue weighted by Gasteiger charge is -2.28. The van der Waals surface area contributed by atoms with Crippen molar-refractivity contribution in [3.05, 3.63) is 15.8 Å². The van der Waals surface area contributed by atoms with E-state index in [2.05, 4.69) is 6.92 Å². The molecule has 0 aromatic carbocycles. The van der Waals surface area contributed by atoms with Crippen LogP contribution < -0.4 is 5.73 Å². The summed E-state index contributed by atoms with van der Waals surface area (Å²) in [5, 5.41) is 0. The zero-order valence-corrected chi connectivity index (χ0v) is 12.6. The highest BCUT2D eigenvalue weighted by molar-refractivity contribution is 7.14. The molecule has 19 heavy (non-hydrogen) atoms. The number of nitrogen functional groups attached to an aromatic ring is 1. The molecule has 1 fully saturated rings. The van der Waals surface area contributed by atoms with Gasteiger partial charge in [0.1, 0.15) is 0 Å². The number of thiophene rings is 1. The van der Waals surface area contributed by atoms with Crippen molar-refractivity contribution in [2.45, 2.75) is 32.7 Å². The first-order valence-corrected chi connectivity index (χ1v) is 7.52. The number of ether oxygens (including phenoxy) is 1. The van der Waals surface area contributed by atoms with E-state index < -0.39 is 0 Å². The molecule has 1 heterocycles. The highest BCUT2D eigenvalue weighted by atomic mass is 32.1. The summed E-state index contributed by atoms with van der Waals surface area (Å²) < 4.78 is 5.12. The van der Waals surface area contributed by atoms with Crippen LogP contribution in [-0.2, 0) is 4.74 Å². The van der Waals surface area contributed by atoms with Crippen LogP contribution in [0.5, 0.6) is 0 Å². The molecule has 4 nitrogen and oxygen atoms in total. The molecule has 0 spiro atoms. The quantitative estimate of drug-likeness (QED) is 0.872. The fourth-order valence-corrected chi connectivity index (χ4v) is 3.15. The molecule has 1 saturated carbocycles. The molecule has 1 aromatic rings. The predicted molar refractivity (Wildman–Crippen MR) is 78.6 cm³/mol. The normalized spacial score (nSPS) is 16.4. The molecule has 2 N–H and O–H groups in total. The number of carbonyl (C=O) groups excluding carboxylic acids is 1. The fraction of sp³-hybridized carbons (Fsp3) is 0.643. The standard InChI is InChI=1S/C14H22N2O2S/c1-9(11-4-5-11)16(6-7-18-3)14(17)13-8-12(15)10(2)19-13/h8-9,11H,4-7,15H2,1-3H3. The van der Waals surface area contributed by atoms with Gasteiger partial charge in [0, 0.05) is 30.3 Å². The SMILES string of the molecule is COCCN(C(=O)c1cc(N)c(C)s1)C(C)C1CC1.